The van der Waals surface area contributed by atoms with E-state index in [1.807, 2.05) is 0 Å². The fraction of sp³-hybridized carbons (Fsp3) is 0.241. The van der Waals surface area contributed by atoms with Gasteiger partial charge in [0.2, 0.25) is 17.2 Å². The predicted octanol–water partition coefficient (Wildman–Crippen LogP) is 3.42. The predicted molar refractivity (Wildman–Crippen MR) is 150 cm³/mol. The van der Waals surface area contributed by atoms with E-state index in [0.717, 1.165) is 12.1 Å². The molecule has 3 aromatic carbocycles. The summed E-state index contributed by atoms with van der Waals surface area (Å²) in [5, 5.41) is 21.9. The third-order valence-electron chi connectivity index (χ3n) is 7.27. The molecule has 0 bridgehead atoms. The van der Waals surface area contributed by atoms with Crippen LogP contribution < -0.4 is 9.47 Å². The van der Waals surface area contributed by atoms with Crippen molar-refractivity contribution in [1.29, 1.82) is 0 Å². The number of ether oxygens (including phenoxy) is 3. The van der Waals surface area contributed by atoms with Crippen molar-refractivity contribution in [3.63, 3.8) is 0 Å². The molecule has 15 heteroatoms. The van der Waals surface area contributed by atoms with Gasteiger partial charge in [-0.25, -0.2) is 9.36 Å². The molecule has 1 fully saturated rings. The van der Waals surface area contributed by atoms with Crippen molar-refractivity contribution >= 4 is 25.4 Å². The van der Waals surface area contributed by atoms with Gasteiger partial charge in [-0.1, -0.05) is 48.5 Å². The van der Waals surface area contributed by atoms with Gasteiger partial charge in [0, 0.05) is 12.1 Å². The summed E-state index contributed by atoms with van der Waals surface area (Å²) in [5.41, 5.74) is -5.03. The van der Waals surface area contributed by atoms with Gasteiger partial charge in [-0.3, -0.25) is 24.3 Å². The second kappa shape index (κ2) is 11.5. The van der Waals surface area contributed by atoms with Gasteiger partial charge in [-0.05, 0) is 43.7 Å². The molecule has 2 aliphatic rings. The molecule has 2 aliphatic heterocycles. The molecule has 3 N–H and O–H groups in total. The minimum absolute atomic E-state index is 0.0586. The number of phosphoric ester groups is 1. The zero-order valence-electron chi connectivity index (χ0n) is 23.3. The molecule has 230 valence electrons. The number of benzene rings is 3. The van der Waals surface area contributed by atoms with Crippen molar-refractivity contribution in [3.8, 4) is 11.5 Å². The number of amides is 1. The van der Waals surface area contributed by atoms with E-state index in [9.17, 15) is 39.2 Å². The van der Waals surface area contributed by atoms with Crippen molar-refractivity contribution in [2.75, 3.05) is 0 Å². The maximum atomic E-state index is 13.8. The third-order valence-corrected chi connectivity index (χ3v) is 7.79. The molecule has 0 saturated carbocycles. The van der Waals surface area contributed by atoms with E-state index in [1.165, 1.54) is 38.1 Å². The number of fused-ring (bicyclic) bond motifs is 1. The van der Waals surface area contributed by atoms with E-state index in [4.69, 9.17) is 18.7 Å². The number of nitrogens with zero attached hydrogens (tertiary/aromatic N) is 2. The Morgan fingerprint density at radius 2 is 1.61 bits per heavy atom. The van der Waals surface area contributed by atoms with Crippen LogP contribution in [0.15, 0.2) is 96.4 Å². The van der Waals surface area contributed by atoms with Crippen LogP contribution in [0.5, 0.6) is 11.5 Å². The molecule has 44 heavy (non-hydrogen) atoms. The average Bonchev–Trinajstić information content (AvgIpc) is 3.13. The van der Waals surface area contributed by atoms with Crippen LogP contribution in [-0.2, 0) is 30.0 Å². The molecule has 4 unspecified atom stereocenters. The number of β-lactam (4-membered cyclic amide) rings is 1. The standard InChI is InChI=1S/C29H27N2O12P/c1-18(32)23-26(33)30-24(27(34)40-17-19-9-5-3-6-10-19)25(41-21-15-13-20(14-16-21)31(35)36)28(2,29(23,30)43-44(37,38)39)42-22-11-7-4-8-12-22/h3-16,18,23,32H,17H2,1-2H3,(H2,37,38,39). The largest absolute Gasteiger partial charge is 0.474 e. The highest BCUT2D eigenvalue weighted by molar-refractivity contribution is 7.46. The number of carbonyl (C=O) groups excluding carboxylic acids is 2. The first-order valence-electron chi connectivity index (χ1n) is 13.2. The Balaban J connectivity index is 1.72. The van der Waals surface area contributed by atoms with E-state index in [2.05, 4.69) is 0 Å². The van der Waals surface area contributed by atoms with E-state index in [1.54, 1.807) is 48.5 Å². The lowest BCUT2D eigenvalue weighted by atomic mass is 9.72. The first-order valence-corrected chi connectivity index (χ1v) is 14.7. The molecule has 4 atom stereocenters. The number of hydrogen-bond acceptors (Lipinski definition) is 10. The number of esters is 1. The molecular weight excluding hydrogens is 599 g/mol. The number of nitro groups is 1. The summed E-state index contributed by atoms with van der Waals surface area (Å²) in [7, 11) is -5.50. The number of phosphoric acid groups is 1. The van der Waals surface area contributed by atoms with Crippen LogP contribution >= 0.6 is 7.82 Å². The SMILES string of the molecule is CC(O)C1C(=O)N2C(C(=O)OCc3ccccc3)=C(Oc3ccc([N+](=O)[O-])cc3)C(C)(Oc3ccccc3)C12OP(=O)(O)O. The fourth-order valence-electron chi connectivity index (χ4n) is 5.44. The van der Waals surface area contributed by atoms with E-state index >= 15 is 0 Å². The van der Waals surface area contributed by atoms with Crippen LogP contribution in [0.1, 0.15) is 19.4 Å². The first kappa shape index (κ1) is 30.9. The van der Waals surface area contributed by atoms with Crippen LogP contribution in [0, 0.1) is 16.0 Å². The van der Waals surface area contributed by atoms with Gasteiger partial charge in [-0.15, -0.1) is 0 Å². The average molecular weight is 627 g/mol. The zero-order chi connectivity index (χ0) is 31.9. The molecular formula is C29H27N2O12P. The number of aliphatic hydroxyl groups excluding tert-OH is 1. The quantitative estimate of drug-likeness (QED) is 0.0924. The van der Waals surface area contributed by atoms with Gasteiger partial charge >= 0.3 is 13.8 Å². The Hall–Kier alpha value is -4.59. The molecule has 0 spiro atoms. The van der Waals surface area contributed by atoms with E-state index < -0.39 is 59.4 Å². The summed E-state index contributed by atoms with van der Waals surface area (Å²) in [6.07, 6.45) is -1.55. The number of hydrogen-bond donors (Lipinski definition) is 3. The molecule has 3 aromatic rings. The molecule has 14 nitrogen and oxygen atoms in total. The highest BCUT2D eigenvalue weighted by atomic mass is 31.2. The topological polar surface area (TPSA) is 195 Å². The number of carbonyl (C=O) groups is 2. The molecule has 2 heterocycles. The van der Waals surface area contributed by atoms with Crippen LogP contribution in [0.2, 0.25) is 0 Å². The van der Waals surface area contributed by atoms with Gasteiger partial charge in [0.15, 0.2) is 11.5 Å². The van der Waals surface area contributed by atoms with E-state index in [-0.39, 0.29) is 23.8 Å². The minimum atomic E-state index is -5.50. The van der Waals surface area contributed by atoms with Gasteiger partial charge in [-0.2, -0.15) is 0 Å². The van der Waals surface area contributed by atoms with Crippen molar-refractivity contribution < 1.29 is 52.7 Å². The molecule has 1 amide bonds. The van der Waals surface area contributed by atoms with Crippen molar-refractivity contribution in [1.82, 2.24) is 4.90 Å². The maximum absolute atomic E-state index is 13.8. The van der Waals surface area contributed by atoms with Gasteiger partial charge in [0.1, 0.15) is 24.0 Å². The highest BCUT2D eigenvalue weighted by Crippen LogP contribution is 2.64. The Kier molecular flexibility index (Phi) is 8.05. The number of non-ortho nitro benzene ring substituents is 1. The summed E-state index contributed by atoms with van der Waals surface area (Å²) < 4.78 is 35.8. The highest BCUT2D eigenvalue weighted by Gasteiger charge is 2.82. The minimum Gasteiger partial charge on any atom is -0.474 e. The fourth-order valence-corrected chi connectivity index (χ4v) is 6.17. The van der Waals surface area contributed by atoms with Crippen molar-refractivity contribution in [2.45, 2.75) is 37.9 Å². The molecule has 5 rings (SSSR count). The van der Waals surface area contributed by atoms with Crippen LogP contribution in [0.3, 0.4) is 0 Å². The van der Waals surface area contributed by atoms with E-state index in [0.29, 0.717) is 10.5 Å². The second-order valence-corrected chi connectivity index (χ2v) is 11.4. The Morgan fingerprint density at radius 3 is 2.16 bits per heavy atom. The Morgan fingerprint density at radius 1 is 1.02 bits per heavy atom. The molecule has 0 aliphatic carbocycles. The summed E-state index contributed by atoms with van der Waals surface area (Å²) in [4.78, 5) is 58.9. The third kappa shape index (κ3) is 5.34. The van der Waals surface area contributed by atoms with Crippen molar-refractivity contribution in [3.05, 3.63) is 112 Å². The maximum Gasteiger partial charge on any atom is 0.471 e. The lowest BCUT2D eigenvalue weighted by Crippen LogP contribution is -2.80. The summed E-state index contributed by atoms with van der Waals surface area (Å²) in [6, 6.07) is 21.2. The molecule has 0 aromatic heterocycles. The molecule has 0 radical (unpaired) electrons. The van der Waals surface area contributed by atoms with Gasteiger partial charge in [0.05, 0.1) is 11.0 Å². The summed E-state index contributed by atoms with van der Waals surface area (Å²) in [6.45, 7) is 2.25. The number of para-hydroxylation sites is 1. The summed E-state index contributed by atoms with van der Waals surface area (Å²) in [5.74, 6) is -4.11. The van der Waals surface area contributed by atoms with Crippen LogP contribution in [-0.4, -0.2) is 54.0 Å². The first-order chi connectivity index (χ1) is 20.8. The number of rotatable bonds is 11. The monoisotopic (exact) mass is 626 g/mol. The zero-order valence-corrected chi connectivity index (χ0v) is 24.2. The molecule has 1 saturated heterocycles. The van der Waals surface area contributed by atoms with Gasteiger partial charge in [0.25, 0.3) is 5.69 Å². The lowest BCUT2D eigenvalue weighted by Gasteiger charge is -2.58. The Labute approximate surface area is 250 Å². The number of nitro benzene ring substituents is 1. The summed E-state index contributed by atoms with van der Waals surface area (Å²) >= 11 is 0. The normalized spacial score (nSPS) is 23.4. The van der Waals surface area contributed by atoms with Crippen LogP contribution in [0.25, 0.3) is 0 Å². The second-order valence-electron chi connectivity index (χ2n) is 10.2. The van der Waals surface area contributed by atoms with Gasteiger partial charge < -0.3 is 29.1 Å². The smallest absolute Gasteiger partial charge is 0.471 e. The number of aliphatic hydroxyl groups is 1. The van der Waals surface area contributed by atoms with Crippen molar-refractivity contribution in [2.24, 2.45) is 5.92 Å². The lowest BCUT2D eigenvalue weighted by molar-refractivity contribution is -0.384. The Bertz CT molecular complexity index is 1660. The van der Waals surface area contributed by atoms with Crippen LogP contribution in [0.4, 0.5) is 5.69 Å².